The Hall–Kier alpha value is -1.25. The van der Waals surface area contributed by atoms with Gasteiger partial charge in [-0.25, -0.2) is 0 Å². The molecule has 0 fully saturated rings. The van der Waals surface area contributed by atoms with Gasteiger partial charge in [0, 0.05) is 35.2 Å². The Morgan fingerprint density at radius 3 is 2.22 bits per heavy atom. The summed E-state index contributed by atoms with van der Waals surface area (Å²) in [5.41, 5.74) is 9.69. The summed E-state index contributed by atoms with van der Waals surface area (Å²) in [5, 5.41) is 8.16. The third-order valence-electron chi connectivity index (χ3n) is 3.31. The number of hydrogen-bond donors (Lipinski definition) is 2. The summed E-state index contributed by atoms with van der Waals surface area (Å²) in [5.74, 6) is 0. The summed E-state index contributed by atoms with van der Waals surface area (Å²) in [6.07, 6.45) is 0. The minimum absolute atomic E-state index is 0. The second-order valence-electron chi connectivity index (χ2n) is 5.12. The molecule has 0 amide bonds. The van der Waals surface area contributed by atoms with Crippen molar-refractivity contribution < 1.29 is 13.0 Å². The van der Waals surface area contributed by atoms with Gasteiger partial charge in [-0.1, -0.05) is 6.07 Å². The van der Waals surface area contributed by atoms with Gasteiger partial charge in [0.1, 0.15) is 0 Å². The van der Waals surface area contributed by atoms with Crippen LogP contribution in [-0.2, 0) is 10.1 Å². The maximum atomic E-state index is 11.3. The molecule has 0 aliphatic heterocycles. The van der Waals surface area contributed by atoms with Crippen molar-refractivity contribution in [1.29, 1.82) is 0 Å². The Labute approximate surface area is 157 Å². The van der Waals surface area contributed by atoms with E-state index >= 15 is 0 Å². The van der Waals surface area contributed by atoms with Crippen molar-refractivity contribution in [3.05, 3.63) is 47.0 Å². The normalized spacial score (nSPS) is 11.5. The number of rotatable bonds is 3. The molecular weight excluding hydrogens is 325 g/mol. The predicted molar refractivity (Wildman–Crippen MR) is 91.3 cm³/mol. The third kappa shape index (κ3) is 4.86. The van der Waals surface area contributed by atoms with Crippen LogP contribution in [0.3, 0.4) is 0 Å². The Morgan fingerprint density at radius 2 is 1.61 bits per heavy atom. The van der Waals surface area contributed by atoms with Gasteiger partial charge in [0.25, 0.3) is 10.1 Å². The number of anilines is 1. The summed E-state index contributed by atoms with van der Waals surface area (Å²) >= 11 is 0. The molecule has 3 N–H and O–H groups in total. The van der Waals surface area contributed by atoms with E-state index in [2.05, 4.69) is 10.2 Å². The molecule has 8 heteroatoms. The van der Waals surface area contributed by atoms with Crippen molar-refractivity contribution in [1.82, 2.24) is 0 Å². The van der Waals surface area contributed by atoms with Gasteiger partial charge in [-0.15, -0.1) is 0 Å². The van der Waals surface area contributed by atoms with Crippen LogP contribution in [0.1, 0.15) is 16.7 Å². The largest absolute Gasteiger partial charge is 0.399 e. The predicted octanol–water partition coefficient (Wildman–Crippen LogP) is 3.48. The van der Waals surface area contributed by atoms with E-state index in [-0.39, 0.29) is 34.5 Å². The summed E-state index contributed by atoms with van der Waals surface area (Å²) < 4.78 is 31.7. The fourth-order valence-corrected chi connectivity index (χ4v) is 2.72. The minimum Gasteiger partial charge on any atom is -0.399 e. The Bertz CT molecular complexity index is 865. The van der Waals surface area contributed by atoms with Gasteiger partial charge >= 0.3 is 0 Å². The molecule has 0 heterocycles. The molecule has 2 aromatic rings. The number of aryl methyl sites for hydroxylation is 3. The molecule has 6 nitrogen and oxygen atoms in total. The fourth-order valence-electron chi connectivity index (χ4n) is 1.97. The molecular formula is C15H17N3NaO3S. The average molecular weight is 342 g/mol. The first-order valence-corrected chi connectivity index (χ1v) is 7.99. The Morgan fingerprint density at radius 1 is 0.957 bits per heavy atom. The van der Waals surface area contributed by atoms with Crippen LogP contribution in [0.15, 0.2) is 45.5 Å². The van der Waals surface area contributed by atoms with Crippen LogP contribution < -0.4 is 5.73 Å². The van der Waals surface area contributed by atoms with E-state index in [1.54, 1.807) is 19.1 Å². The topological polar surface area (TPSA) is 105 Å². The standard InChI is InChI=1S/C15H17N3O3S.Na/c1-9-4-5-12(8-15(9)22(19,20)21)17-18-14-7-10(2)13(16)6-11(14)3;/h4-8H,16H2,1-3H3,(H,19,20,21);. The van der Waals surface area contributed by atoms with Crippen LogP contribution in [0.25, 0.3) is 0 Å². The zero-order chi connectivity index (χ0) is 16.5. The zero-order valence-electron chi connectivity index (χ0n) is 13.5. The molecule has 2 aromatic carbocycles. The van der Waals surface area contributed by atoms with Crippen LogP contribution in [-0.4, -0.2) is 42.5 Å². The summed E-state index contributed by atoms with van der Waals surface area (Å²) in [4.78, 5) is -0.172. The second kappa shape index (κ2) is 7.55. The quantitative estimate of drug-likeness (QED) is 0.385. The average Bonchev–Trinajstić information content (AvgIpc) is 2.41. The Balaban J connectivity index is 0.00000264. The van der Waals surface area contributed by atoms with Crippen molar-refractivity contribution >= 4 is 56.7 Å². The SMILES string of the molecule is Cc1cc(N=Nc2ccc(C)c(S(=O)(=O)O)c2)c(C)cc1N.[Na]. The van der Waals surface area contributed by atoms with Gasteiger partial charge < -0.3 is 5.73 Å². The number of hydrogen-bond acceptors (Lipinski definition) is 5. The second-order valence-corrected chi connectivity index (χ2v) is 6.51. The molecule has 2 rings (SSSR count). The molecule has 23 heavy (non-hydrogen) atoms. The third-order valence-corrected chi connectivity index (χ3v) is 4.30. The van der Waals surface area contributed by atoms with Crippen molar-refractivity contribution in [2.45, 2.75) is 25.7 Å². The first kappa shape index (κ1) is 19.8. The molecule has 0 atom stereocenters. The molecule has 0 unspecified atom stereocenters. The van der Waals surface area contributed by atoms with E-state index in [0.29, 0.717) is 22.6 Å². The molecule has 0 aliphatic carbocycles. The molecule has 0 spiro atoms. The molecule has 0 aromatic heterocycles. The van der Waals surface area contributed by atoms with Gasteiger partial charge in [0.2, 0.25) is 0 Å². The van der Waals surface area contributed by atoms with Gasteiger partial charge in [-0.3, -0.25) is 4.55 Å². The van der Waals surface area contributed by atoms with Crippen LogP contribution in [0, 0.1) is 20.8 Å². The molecule has 117 valence electrons. The van der Waals surface area contributed by atoms with E-state index in [9.17, 15) is 13.0 Å². The molecule has 1 radical (unpaired) electrons. The van der Waals surface area contributed by atoms with Gasteiger partial charge in [0.05, 0.1) is 16.3 Å². The van der Waals surface area contributed by atoms with E-state index in [1.807, 2.05) is 26.0 Å². The molecule has 0 bridgehead atoms. The van der Waals surface area contributed by atoms with Crippen molar-refractivity contribution in [2.24, 2.45) is 10.2 Å². The van der Waals surface area contributed by atoms with E-state index in [4.69, 9.17) is 5.73 Å². The Kier molecular flexibility index (Phi) is 6.49. The smallest absolute Gasteiger partial charge is 0.294 e. The molecule has 0 saturated carbocycles. The number of nitrogen functional groups attached to an aromatic ring is 1. The number of nitrogens with zero attached hydrogens (tertiary/aromatic N) is 2. The molecule has 0 saturated heterocycles. The summed E-state index contributed by atoms with van der Waals surface area (Å²) in [7, 11) is -4.28. The number of nitrogens with two attached hydrogens (primary N) is 1. The van der Waals surface area contributed by atoms with Crippen LogP contribution >= 0.6 is 0 Å². The fraction of sp³-hybridized carbons (Fsp3) is 0.200. The summed E-state index contributed by atoms with van der Waals surface area (Å²) in [6.45, 7) is 5.33. The van der Waals surface area contributed by atoms with Crippen LogP contribution in [0.2, 0.25) is 0 Å². The van der Waals surface area contributed by atoms with Crippen molar-refractivity contribution in [3.63, 3.8) is 0 Å². The van der Waals surface area contributed by atoms with Gasteiger partial charge in [-0.05, 0) is 61.7 Å². The van der Waals surface area contributed by atoms with Crippen LogP contribution in [0.5, 0.6) is 0 Å². The number of azo groups is 1. The monoisotopic (exact) mass is 342 g/mol. The first-order chi connectivity index (χ1) is 10.2. The minimum atomic E-state index is -4.28. The van der Waals surface area contributed by atoms with Gasteiger partial charge in [0.15, 0.2) is 0 Å². The number of benzene rings is 2. The summed E-state index contributed by atoms with van der Waals surface area (Å²) in [6, 6.07) is 8.10. The van der Waals surface area contributed by atoms with Gasteiger partial charge in [-0.2, -0.15) is 18.6 Å². The van der Waals surface area contributed by atoms with Crippen molar-refractivity contribution in [2.75, 3.05) is 5.73 Å². The van der Waals surface area contributed by atoms with Crippen molar-refractivity contribution in [3.8, 4) is 0 Å². The first-order valence-electron chi connectivity index (χ1n) is 6.55. The van der Waals surface area contributed by atoms with E-state index in [0.717, 1.165) is 11.1 Å². The van der Waals surface area contributed by atoms with Crippen LogP contribution in [0.4, 0.5) is 17.1 Å². The zero-order valence-corrected chi connectivity index (χ0v) is 16.3. The maximum absolute atomic E-state index is 11.3. The molecule has 0 aliphatic rings. The maximum Gasteiger partial charge on any atom is 0.294 e. The van der Waals surface area contributed by atoms with E-state index in [1.165, 1.54) is 6.07 Å². The van der Waals surface area contributed by atoms with E-state index < -0.39 is 10.1 Å².